The molecular formula is C14H20N6. The summed E-state index contributed by atoms with van der Waals surface area (Å²) in [6, 6.07) is 0.492. The van der Waals surface area contributed by atoms with Crippen LogP contribution >= 0.6 is 0 Å². The Labute approximate surface area is 118 Å². The van der Waals surface area contributed by atoms with Crippen LogP contribution in [0, 0.1) is 0 Å². The fourth-order valence-electron chi connectivity index (χ4n) is 2.91. The van der Waals surface area contributed by atoms with Gasteiger partial charge in [0.05, 0.1) is 0 Å². The van der Waals surface area contributed by atoms with E-state index in [1.54, 1.807) is 0 Å². The Hall–Kier alpha value is -1.69. The second-order valence-corrected chi connectivity index (χ2v) is 6.02. The largest absolute Gasteiger partial charge is 0.364 e. The number of hydrogen-bond acceptors (Lipinski definition) is 5. The maximum Gasteiger partial charge on any atom is 0.203 e. The fraction of sp³-hybridized carbons (Fsp3) is 0.643. The van der Waals surface area contributed by atoms with Gasteiger partial charge in [-0.3, -0.25) is 4.40 Å². The Kier molecular flexibility index (Phi) is 2.84. The van der Waals surface area contributed by atoms with Gasteiger partial charge in [-0.2, -0.15) is 0 Å². The minimum Gasteiger partial charge on any atom is -0.364 e. The van der Waals surface area contributed by atoms with Gasteiger partial charge in [0.1, 0.15) is 5.82 Å². The summed E-state index contributed by atoms with van der Waals surface area (Å²) in [5.41, 5.74) is 0.869. The molecule has 1 saturated heterocycles. The molecule has 0 atom stereocenters. The molecule has 0 spiro atoms. The van der Waals surface area contributed by atoms with Crippen molar-refractivity contribution in [3.8, 4) is 0 Å². The van der Waals surface area contributed by atoms with E-state index in [0.717, 1.165) is 43.2 Å². The van der Waals surface area contributed by atoms with Crippen LogP contribution in [0.3, 0.4) is 0 Å². The van der Waals surface area contributed by atoms with Crippen molar-refractivity contribution in [1.29, 1.82) is 0 Å². The van der Waals surface area contributed by atoms with Gasteiger partial charge in [0, 0.05) is 24.4 Å². The Morgan fingerprint density at radius 1 is 1.15 bits per heavy atom. The van der Waals surface area contributed by atoms with E-state index in [1.165, 1.54) is 12.8 Å². The predicted octanol–water partition coefficient (Wildman–Crippen LogP) is 1.51. The number of nitrogens with one attached hydrogen (secondary N) is 1. The van der Waals surface area contributed by atoms with Gasteiger partial charge in [-0.15, -0.1) is 10.2 Å². The van der Waals surface area contributed by atoms with Crippen molar-refractivity contribution in [3.05, 3.63) is 18.2 Å². The number of fused-ring (bicyclic) bond motifs is 1. The summed E-state index contributed by atoms with van der Waals surface area (Å²) in [4.78, 5) is 6.83. The summed E-state index contributed by atoms with van der Waals surface area (Å²) in [7, 11) is 2.18. The fourth-order valence-corrected chi connectivity index (χ4v) is 2.91. The highest BCUT2D eigenvalue weighted by Crippen LogP contribution is 2.39. The van der Waals surface area contributed by atoms with E-state index in [4.69, 9.17) is 0 Å². The molecule has 0 radical (unpaired) electrons. The van der Waals surface area contributed by atoms with Crippen LogP contribution in [-0.4, -0.2) is 50.7 Å². The molecule has 0 unspecified atom stereocenters. The predicted molar refractivity (Wildman–Crippen MR) is 76.9 cm³/mol. The molecule has 1 N–H and O–H groups in total. The van der Waals surface area contributed by atoms with E-state index >= 15 is 0 Å². The number of piperidine rings is 1. The van der Waals surface area contributed by atoms with E-state index < -0.39 is 0 Å². The molecule has 0 amide bonds. The first kappa shape index (κ1) is 12.1. The highest BCUT2D eigenvalue weighted by molar-refractivity contribution is 5.62. The molecule has 0 aromatic carbocycles. The zero-order valence-electron chi connectivity index (χ0n) is 11.8. The smallest absolute Gasteiger partial charge is 0.203 e. The maximum absolute atomic E-state index is 4.47. The lowest BCUT2D eigenvalue weighted by atomic mass is 10.1. The molecule has 1 saturated carbocycles. The van der Waals surface area contributed by atoms with Crippen LogP contribution in [0.4, 0.5) is 5.82 Å². The molecular weight excluding hydrogens is 252 g/mol. The number of anilines is 1. The van der Waals surface area contributed by atoms with Crippen LogP contribution in [0.1, 0.15) is 37.4 Å². The van der Waals surface area contributed by atoms with Gasteiger partial charge in [0.15, 0.2) is 5.82 Å². The molecule has 6 nitrogen and oxygen atoms in total. The molecule has 106 valence electrons. The average Bonchev–Trinajstić information content (AvgIpc) is 3.21. The molecule has 2 aromatic heterocycles. The van der Waals surface area contributed by atoms with Gasteiger partial charge >= 0.3 is 0 Å². The summed E-state index contributed by atoms with van der Waals surface area (Å²) in [6.07, 6.45) is 8.61. The standard InChI is InChI=1S/C14H20N6/c1-19-7-4-11(5-8-19)16-12-14-18-17-13(10-2-3-10)20(14)9-6-15-12/h6,9-11H,2-5,7-8H2,1H3,(H,15,16). The lowest BCUT2D eigenvalue weighted by Crippen LogP contribution is -2.37. The zero-order chi connectivity index (χ0) is 13.5. The topological polar surface area (TPSA) is 58.4 Å². The van der Waals surface area contributed by atoms with Crippen molar-refractivity contribution in [2.45, 2.75) is 37.6 Å². The molecule has 1 aliphatic carbocycles. The van der Waals surface area contributed by atoms with Gasteiger partial charge in [0.25, 0.3) is 0 Å². The summed E-state index contributed by atoms with van der Waals surface area (Å²) >= 11 is 0. The van der Waals surface area contributed by atoms with Gasteiger partial charge in [-0.05, 0) is 45.8 Å². The van der Waals surface area contributed by atoms with E-state index in [2.05, 4.69) is 36.8 Å². The third-order valence-corrected chi connectivity index (χ3v) is 4.36. The lowest BCUT2D eigenvalue weighted by molar-refractivity contribution is 0.263. The number of hydrogen-bond donors (Lipinski definition) is 1. The van der Waals surface area contributed by atoms with Crippen LogP contribution in [0.15, 0.2) is 12.4 Å². The van der Waals surface area contributed by atoms with Gasteiger partial charge in [0.2, 0.25) is 5.65 Å². The van der Waals surface area contributed by atoms with E-state index in [9.17, 15) is 0 Å². The maximum atomic E-state index is 4.47. The summed E-state index contributed by atoms with van der Waals surface area (Å²) in [6.45, 7) is 2.28. The lowest BCUT2D eigenvalue weighted by Gasteiger charge is -2.29. The second kappa shape index (κ2) is 4.70. The average molecular weight is 272 g/mol. The molecule has 3 heterocycles. The molecule has 2 fully saturated rings. The number of rotatable bonds is 3. The first-order valence-electron chi connectivity index (χ1n) is 7.46. The first-order valence-corrected chi connectivity index (χ1v) is 7.46. The highest BCUT2D eigenvalue weighted by Gasteiger charge is 2.29. The second-order valence-electron chi connectivity index (χ2n) is 6.02. The van der Waals surface area contributed by atoms with E-state index in [1.807, 2.05) is 12.4 Å². The normalized spacial score (nSPS) is 21.4. The molecule has 2 aromatic rings. The monoisotopic (exact) mass is 272 g/mol. The SMILES string of the molecule is CN1CCC(Nc2nccn3c(C4CC4)nnc23)CC1. The molecule has 0 bridgehead atoms. The van der Waals surface area contributed by atoms with Crippen molar-refractivity contribution in [2.75, 3.05) is 25.5 Å². The van der Waals surface area contributed by atoms with Crippen LogP contribution in [0.25, 0.3) is 5.65 Å². The minimum absolute atomic E-state index is 0.492. The number of likely N-dealkylation sites (tertiary alicyclic amines) is 1. The van der Waals surface area contributed by atoms with Crippen molar-refractivity contribution in [2.24, 2.45) is 0 Å². The summed E-state index contributed by atoms with van der Waals surface area (Å²) in [5.74, 6) is 2.57. The zero-order valence-corrected chi connectivity index (χ0v) is 11.8. The van der Waals surface area contributed by atoms with E-state index in [-0.39, 0.29) is 0 Å². The Morgan fingerprint density at radius 2 is 1.95 bits per heavy atom. The van der Waals surface area contributed by atoms with Crippen molar-refractivity contribution in [1.82, 2.24) is 24.5 Å². The molecule has 2 aliphatic rings. The number of aromatic nitrogens is 4. The van der Waals surface area contributed by atoms with Crippen molar-refractivity contribution >= 4 is 11.5 Å². The van der Waals surface area contributed by atoms with Crippen LogP contribution in [-0.2, 0) is 0 Å². The Balaban J connectivity index is 1.60. The molecule has 1 aliphatic heterocycles. The minimum atomic E-state index is 0.492. The molecule has 6 heteroatoms. The summed E-state index contributed by atoms with van der Waals surface area (Å²) in [5, 5.41) is 12.2. The first-order chi connectivity index (χ1) is 9.81. The van der Waals surface area contributed by atoms with Crippen LogP contribution in [0.2, 0.25) is 0 Å². The summed E-state index contributed by atoms with van der Waals surface area (Å²) < 4.78 is 2.10. The van der Waals surface area contributed by atoms with Gasteiger partial charge in [-0.25, -0.2) is 4.98 Å². The molecule has 20 heavy (non-hydrogen) atoms. The number of nitrogens with zero attached hydrogens (tertiary/aromatic N) is 5. The van der Waals surface area contributed by atoms with Crippen molar-refractivity contribution < 1.29 is 0 Å². The quantitative estimate of drug-likeness (QED) is 0.917. The molecule has 4 rings (SSSR count). The van der Waals surface area contributed by atoms with Crippen molar-refractivity contribution in [3.63, 3.8) is 0 Å². The van der Waals surface area contributed by atoms with Crippen LogP contribution < -0.4 is 5.32 Å². The van der Waals surface area contributed by atoms with Gasteiger partial charge in [-0.1, -0.05) is 0 Å². The third kappa shape index (κ3) is 2.14. The highest BCUT2D eigenvalue weighted by atomic mass is 15.3. The third-order valence-electron chi connectivity index (χ3n) is 4.36. The Morgan fingerprint density at radius 3 is 2.70 bits per heavy atom. The van der Waals surface area contributed by atoms with Crippen LogP contribution in [0.5, 0.6) is 0 Å². The van der Waals surface area contributed by atoms with E-state index in [0.29, 0.717) is 12.0 Å². The Bertz CT molecular complexity index is 609. The van der Waals surface area contributed by atoms with Gasteiger partial charge < -0.3 is 10.2 Å².